The molecule has 2 aliphatic rings. The minimum atomic E-state index is 0.291. The molecular weight excluding hydrogens is 280 g/mol. The summed E-state index contributed by atoms with van der Waals surface area (Å²) in [6, 6.07) is 0. The van der Waals surface area contributed by atoms with E-state index in [9.17, 15) is 0 Å². The molecule has 0 aromatic heterocycles. The summed E-state index contributed by atoms with van der Waals surface area (Å²) in [5, 5.41) is 0. The van der Waals surface area contributed by atoms with Gasteiger partial charge in [-0.25, -0.2) is 0 Å². The largest absolute Gasteiger partial charge is 0.495 e. The van der Waals surface area contributed by atoms with E-state index in [0.29, 0.717) is 6.10 Å². The fourth-order valence-corrected chi connectivity index (χ4v) is 3.77. The van der Waals surface area contributed by atoms with E-state index >= 15 is 0 Å². The van der Waals surface area contributed by atoms with Crippen molar-refractivity contribution in [1.82, 2.24) is 0 Å². The van der Waals surface area contributed by atoms with E-state index in [4.69, 9.17) is 9.47 Å². The first-order valence-electron chi connectivity index (χ1n) is 6.29. The van der Waals surface area contributed by atoms with Gasteiger partial charge in [0.25, 0.3) is 0 Å². The van der Waals surface area contributed by atoms with Gasteiger partial charge in [0, 0.05) is 23.1 Å². The number of hydrogen-bond acceptors (Lipinski definition) is 2. The van der Waals surface area contributed by atoms with Crippen molar-refractivity contribution in [3.05, 3.63) is 21.2 Å². The number of methoxy groups -OCH3 is 1. The van der Waals surface area contributed by atoms with E-state index in [1.165, 1.54) is 29.5 Å². The molecule has 0 N–H and O–H groups in total. The average Bonchev–Trinajstić information content (AvgIpc) is 2.72. The Balaban J connectivity index is 2.24. The molecule has 1 heterocycles. The van der Waals surface area contributed by atoms with Crippen LogP contribution in [0.4, 0.5) is 0 Å². The summed E-state index contributed by atoms with van der Waals surface area (Å²) >= 11 is 3.69. The fraction of sp³-hybridized carbons (Fsp3) is 0.571. The van der Waals surface area contributed by atoms with Crippen molar-refractivity contribution < 1.29 is 9.47 Å². The molecule has 1 atom stereocenters. The van der Waals surface area contributed by atoms with E-state index in [1.807, 2.05) is 0 Å². The van der Waals surface area contributed by atoms with Crippen LogP contribution >= 0.6 is 15.9 Å². The van der Waals surface area contributed by atoms with Crippen LogP contribution < -0.4 is 9.47 Å². The maximum absolute atomic E-state index is 6.00. The maximum atomic E-state index is 6.00. The zero-order valence-electron chi connectivity index (χ0n) is 10.3. The van der Waals surface area contributed by atoms with Gasteiger partial charge in [-0.05, 0) is 48.5 Å². The van der Waals surface area contributed by atoms with Crippen LogP contribution in [0.5, 0.6) is 11.5 Å². The molecule has 0 saturated heterocycles. The standard InChI is InChI=1S/C14H17BrO2/c1-8-7-11-12(15)14(16-2)10-6-4-3-5-9(10)13(11)17-8/h8H,3-7H2,1-2H3. The normalized spacial score (nSPS) is 21.7. The Labute approximate surface area is 110 Å². The first-order chi connectivity index (χ1) is 8.22. The number of rotatable bonds is 1. The summed E-state index contributed by atoms with van der Waals surface area (Å²) in [5.41, 5.74) is 4.06. The molecule has 1 aliphatic heterocycles. The Morgan fingerprint density at radius 1 is 1.18 bits per heavy atom. The van der Waals surface area contributed by atoms with Gasteiger partial charge in [-0.2, -0.15) is 0 Å². The van der Waals surface area contributed by atoms with Crippen LogP contribution in [0.25, 0.3) is 0 Å². The van der Waals surface area contributed by atoms with Gasteiger partial charge in [0.1, 0.15) is 17.6 Å². The lowest BCUT2D eigenvalue weighted by atomic mass is 9.88. The van der Waals surface area contributed by atoms with Gasteiger partial charge in [0.05, 0.1) is 11.6 Å². The zero-order chi connectivity index (χ0) is 12.0. The highest BCUT2D eigenvalue weighted by atomic mass is 79.9. The Kier molecular flexibility index (Phi) is 2.81. The molecule has 2 nitrogen and oxygen atoms in total. The molecule has 1 aliphatic carbocycles. The summed E-state index contributed by atoms with van der Waals surface area (Å²) in [6.45, 7) is 2.13. The Bertz CT molecular complexity index is 468. The molecule has 3 heteroatoms. The molecule has 0 spiro atoms. The molecule has 92 valence electrons. The van der Waals surface area contributed by atoms with Gasteiger partial charge in [0.15, 0.2) is 0 Å². The van der Waals surface area contributed by atoms with Crippen molar-refractivity contribution in [1.29, 1.82) is 0 Å². The second kappa shape index (κ2) is 4.20. The lowest BCUT2D eigenvalue weighted by molar-refractivity contribution is 0.251. The van der Waals surface area contributed by atoms with Crippen LogP contribution in [-0.2, 0) is 19.3 Å². The van der Waals surface area contributed by atoms with Crippen molar-refractivity contribution in [3.8, 4) is 11.5 Å². The quantitative estimate of drug-likeness (QED) is 0.787. The second-order valence-corrected chi connectivity index (χ2v) is 5.74. The van der Waals surface area contributed by atoms with Gasteiger partial charge in [-0.3, -0.25) is 0 Å². The Morgan fingerprint density at radius 3 is 2.59 bits per heavy atom. The maximum Gasteiger partial charge on any atom is 0.137 e. The minimum absolute atomic E-state index is 0.291. The third-order valence-corrected chi connectivity index (χ3v) is 4.61. The van der Waals surface area contributed by atoms with E-state index in [2.05, 4.69) is 22.9 Å². The molecule has 1 unspecified atom stereocenters. The van der Waals surface area contributed by atoms with Crippen molar-refractivity contribution in [2.45, 2.75) is 45.1 Å². The first kappa shape index (κ1) is 11.4. The number of benzene rings is 1. The summed E-state index contributed by atoms with van der Waals surface area (Å²) < 4.78 is 12.7. The molecule has 1 aromatic carbocycles. The fourth-order valence-electron chi connectivity index (χ4n) is 3.03. The van der Waals surface area contributed by atoms with Crippen LogP contribution in [0.2, 0.25) is 0 Å². The van der Waals surface area contributed by atoms with E-state index in [-0.39, 0.29) is 0 Å². The third kappa shape index (κ3) is 1.67. The van der Waals surface area contributed by atoms with Gasteiger partial charge in [-0.15, -0.1) is 0 Å². The molecule has 17 heavy (non-hydrogen) atoms. The van der Waals surface area contributed by atoms with E-state index < -0.39 is 0 Å². The molecule has 0 saturated carbocycles. The second-order valence-electron chi connectivity index (χ2n) is 4.95. The average molecular weight is 297 g/mol. The van der Waals surface area contributed by atoms with Crippen LogP contribution in [0.15, 0.2) is 4.47 Å². The molecular formula is C14H17BrO2. The van der Waals surface area contributed by atoms with Gasteiger partial charge in [0.2, 0.25) is 0 Å². The molecule has 0 bridgehead atoms. The number of halogens is 1. The van der Waals surface area contributed by atoms with Crippen molar-refractivity contribution >= 4 is 15.9 Å². The highest BCUT2D eigenvalue weighted by Gasteiger charge is 2.31. The van der Waals surface area contributed by atoms with Gasteiger partial charge in [-0.1, -0.05) is 0 Å². The van der Waals surface area contributed by atoms with Crippen LogP contribution in [0.1, 0.15) is 36.5 Å². The number of fused-ring (bicyclic) bond motifs is 3. The van der Waals surface area contributed by atoms with Crippen molar-refractivity contribution in [3.63, 3.8) is 0 Å². The zero-order valence-corrected chi connectivity index (χ0v) is 11.9. The predicted molar refractivity (Wildman–Crippen MR) is 71.1 cm³/mol. The number of hydrogen-bond donors (Lipinski definition) is 0. The molecule has 0 radical (unpaired) electrons. The SMILES string of the molecule is COc1c(Br)c2c(c3c1CCCC3)OC(C)C2. The lowest BCUT2D eigenvalue weighted by Gasteiger charge is -2.23. The smallest absolute Gasteiger partial charge is 0.137 e. The summed E-state index contributed by atoms with van der Waals surface area (Å²) in [6.07, 6.45) is 6.04. The predicted octanol–water partition coefficient (Wildman–Crippen LogP) is 3.66. The minimum Gasteiger partial charge on any atom is -0.495 e. The highest BCUT2D eigenvalue weighted by molar-refractivity contribution is 9.10. The molecule has 1 aromatic rings. The van der Waals surface area contributed by atoms with E-state index in [1.54, 1.807) is 7.11 Å². The summed E-state index contributed by atoms with van der Waals surface area (Å²) in [4.78, 5) is 0. The summed E-state index contributed by atoms with van der Waals surface area (Å²) in [7, 11) is 1.76. The molecule has 0 fully saturated rings. The van der Waals surface area contributed by atoms with Gasteiger partial charge >= 0.3 is 0 Å². The van der Waals surface area contributed by atoms with Crippen LogP contribution in [0, 0.1) is 0 Å². The van der Waals surface area contributed by atoms with Crippen LogP contribution in [0.3, 0.4) is 0 Å². The summed E-state index contributed by atoms with van der Waals surface area (Å²) in [5.74, 6) is 2.18. The topological polar surface area (TPSA) is 18.5 Å². The first-order valence-corrected chi connectivity index (χ1v) is 7.08. The number of ether oxygens (including phenoxy) is 2. The van der Waals surface area contributed by atoms with Crippen LogP contribution in [-0.4, -0.2) is 13.2 Å². The van der Waals surface area contributed by atoms with E-state index in [0.717, 1.165) is 35.2 Å². The van der Waals surface area contributed by atoms with Crippen molar-refractivity contribution in [2.24, 2.45) is 0 Å². The Morgan fingerprint density at radius 2 is 1.88 bits per heavy atom. The third-order valence-electron chi connectivity index (χ3n) is 3.77. The lowest BCUT2D eigenvalue weighted by Crippen LogP contribution is -2.09. The molecule has 3 rings (SSSR count). The van der Waals surface area contributed by atoms with Crippen molar-refractivity contribution in [2.75, 3.05) is 7.11 Å². The molecule has 0 amide bonds. The Hall–Kier alpha value is -0.700. The monoisotopic (exact) mass is 296 g/mol. The highest BCUT2D eigenvalue weighted by Crippen LogP contribution is 2.48. The van der Waals surface area contributed by atoms with Gasteiger partial charge < -0.3 is 9.47 Å².